The number of nitrogens with one attached hydrogen (secondary N) is 1. The summed E-state index contributed by atoms with van der Waals surface area (Å²) in [5.74, 6) is -0.321. The van der Waals surface area contributed by atoms with E-state index < -0.39 is 12.1 Å². The highest BCUT2D eigenvalue weighted by Gasteiger charge is 2.17. The molecule has 5 nitrogen and oxygen atoms in total. The number of anilines is 1. The van der Waals surface area contributed by atoms with Crippen LogP contribution in [0.3, 0.4) is 0 Å². The monoisotopic (exact) mass is 381 g/mol. The van der Waals surface area contributed by atoms with Crippen LogP contribution in [0.15, 0.2) is 42.5 Å². The van der Waals surface area contributed by atoms with Crippen molar-refractivity contribution in [1.29, 1.82) is 0 Å². The van der Waals surface area contributed by atoms with Crippen molar-refractivity contribution in [2.45, 2.75) is 20.0 Å². The van der Waals surface area contributed by atoms with Gasteiger partial charge >= 0.3 is 5.97 Å². The third kappa shape index (κ3) is 5.37. The predicted octanol–water partition coefficient (Wildman–Crippen LogP) is 4.58. The molecular formula is C18H17Cl2NO4. The minimum absolute atomic E-state index is 0.234. The van der Waals surface area contributed by atoms with Gasteiger partial charge in [0.05, 0.1) is 22.9 Å². The molecule has 2 aromatic rings. The number of hydrogen-bond acceptors (Lipinski definition) is 4. The molecule has 2 aromatic carbocycles. The number of amides is 1. The van der Waals surface area contributed by atoms with Gasteiger partial charge in [0.2, 0.25) is 0 Å². The molecule has 132 valence electrons. The standard InChI is InChI=1S/C18H17Cl2NO4/c1-3-24-18(23)12-4-9-16(15(20)10-12)21-17(22)11(2)25-14-7-5-13(19)6-8-14/h4-11H,3H2,1-2H3,(H,21,22)/t11-/m0/s1. The molecule has 1 amide bonds. The van der Waals surface area contributed by atoms with Crippen molar-refractivity contribution in [3.05, 3.63) is 58.1 Å². The van der Waals surface area contributed by atoms with Gasteiger partial charge in [-0.25, -0.2) is 4.79 Å². The summed E-state index contributed by atoms with van der Waals surface area (Å²) in [4.78, 5) is 23.9. The Kier molecular flexibility index (Phi) is 6.67. The Labute approximate surface area is 155 Å². The van der Waals surface area contributed by atoms with Crippen LogP contribution >= 0.6 is 23.2 Å². The largest absolute Gasteiger partial charge is 0.481 e. The Morgan fingerprint density at radius 2 is 1.80 bits per heavy atom. The number of halogens is 2. The van der Waals surface area contributed by atoms with E-state index in [9.17, 15) is 9.59 Å². The third-order valence-electron chi connectivity index (χ3n) is 3.23. The smallest absolute Gasteiger partial charge is 0.338 e. The molecule has 0 bridgehead atoms. The van der Waals surface area contributed by atoms with E-state index in [1.807, 2.05) is 0 Å². The summed E-state index contributed by atoms with van der Waals surface area (Å²) in [6.07, 6.45) is -0.748. The van der Waals surface area contributed by atoms with E-state index in [4.69, 9.17) is 32.7 Å². The average Bonchev–Trinajstić information content (AvgIpc) is 2.58. The summed E-state index contributed by atoms with van der Waals surface area (Å²) < 4.78 is 10.5. The lowest BCUT2D eigenvalue weighted by atomic mass is 10.2. The number of carbonyl (C=O) groups excluding carboxylic acids is 2. The van der Waals surface area contributed by atoms with Gasteiger partial charge < -0.3 is 14.8 Å². The number of hydrogen-bond donors (Lipinski definition) is 1. The van der Waals surface area contributed by atoms with Crippen LogP contribution in [0.5, 0.6) is 5.75 Å². The second-order valence-corrected chi connectivity index (χ2v) is 5.96. The normalized spacial score (nSPS) is 11.5. The van der Waals surface area contributed by atoms with Crippen molar-refractivity contribution < 1.29 is 19.1 Å². The SMILES string of the molecule is CCOC(=O)c1ccc(NC(=O)[C@H](C)Oc2ccc(Cl)cc2)c(Cl)c1. The van der Waals surface area contributed by atoms with Crippen LogP contribution in [0.4, 0.5) is 5.69 Å². The van der Waals surface area contributed by atoms with E-state index in [0.717, 1.165) is 0 Å². The fraction of sp³-hybridized carbons (Fsp3) is 0.222. The van der Waals surface area contributed by atoms with Crippen molar-refractivity contribution in [3.63, 3.8) is 0 Å². The molecule has 1 N–H and O–H groups in total. The third-order valence-corrected chi connectivity index (χ3v) is 3.80. The molecule has 0 aliphatic rings. The maximum atomic E-state index is 12.2. The lowest BCUT2D eigenvalue weighted by Gasteiger charge is -2.15. The van der Waals surface area contributed by atoms with Crippen LogP contribution in [-0.2, 0) is 9.53 Å². The Morgan fingerprint density at radius 3 is 2.40 bits per heavy atom. The second kappa shape index (κ2) is 8.74. The van der Waals surface area contributed by atoms with Crippen molar-refractivity contribution in [2.75, 3.05) is 11.9 Å². The van der Waals surface area contributed by atoms with Gasteiger partial charge in [-0.1, -0.05) is 23.2 Å². The van der Waals surface area contributed by atoms with Crippen LogP contribution in [0.25, 0.3) is 0 Å². The fourth-order valence-electron chi connectivity index (χ4n) is 1.96. The fourth-order valence-corrected chi connectivity index (χ4v) is 2.32. The highest BCUT2D eigenvalue weighted by atomic mass is 35.5. The van der Waals surface area contributed by atoms with E-state index in [-0.39, 0.29) is 17.5 Å². The Balaban J connectivity index is 2.01. The molecule has 0 saturated carbocycles. The average molecular weight is 382 g/mol. The number of carbonyl (C=O) groups is 2. The van der Waals surface area contributed by atoms with Crippen molar-refractivity contribution in [1.82, 2.24) is 0 Å². The van der Waals surface area contributed by atoms with Gasteiger partial charge in [0.15, 0.2) is 6.10 Å². The minimum atomic E-state index is -0.748. The summed E-state index contributed by atoms with van der Waals surface area (Å²) in [6.45, 7) is 3.61. The maximum Gasteiger partial charge on any atom is 0.338 e. The Bertz CT molecular complexity index is 762. The predicted molar refractivity (Wildman–Crippen MR) is 97.6 cm³/mol. The van der Waals surface area contributed by atoms with Crippen LogP contribution in [-0.4, -0.2) is 24.6 Å². The van der Waals surface area contributed by atoms with Crippen LogP contribution in [0, 0.1) is 0 Å². The Hall–Kier alpha value is -2.24. The van der Waals surface area contributed by atoms with Gasteiger partial charge in [-0.3, -0.25) is 4.79 Å². The Morgan fingerprint density at radius 1 is 1.12 bits per heavy atom. The van der Waals surface area contributed by atoms with E-state index in [2.05, 4.69) is 5.32 Å². The van der Waals surface area contributed by atoms with Gasteiger partial charge in [0, 0.05) is 5.02 Å². The highest BCUT2D eigenvalue weighted by Crippen LogP contribution is 2.24. The van der Waals surface area contributed by atoms with Crippen LogP contribution in [0.1, 0.15) is 24.2 Å². The first-order chi connectivity index (χ1) is 11.9. The molecule has 25 heavy (non-hydrogen) atoms. The summed E-state index contributed by atoms with van der Waals surface area (Å²) in [5, 5.41) is 3.48. The van der Waals surface area contributed by atoms with E-state index >= 15 is 0 Å². The van der Waals surface area contributed by atoms with Gasteiger partial charge in [-0.05, 0) is 56.3 Å². The second-order valence-electron chi connectivity index (χ2n) is 5.12. The quantitative estimate of drug-likeness (QED) is 0.743. The zero-order valence-corrected chi connectivity index (χ0v) is 15.2. The number of ether oxygens (including phenoxy) is 2. The molecule has 0 aliphatic heterocycles. The highest BCUT2D eigenvalue weighted by molar-refractivity contribution is 6.34. The van der Waals surface area contributed by atoms with Gasteiger partial charge in [-0.2, -0.15) is 0 Å². The molecule has 1 atom stereocenters. The molecule has 2 rings (SSSR count). The van der Waals surface area contributed by atoms with E-state index in [1.54, 1.807) is 44.2 Å². The molecular weight excluding hydrogens is 365 g/mol. The van der Waals surface area contributed by atoms with Gasteiger partial charge in [-0.15, -0.1) is 0 Å². The summed E-state index contributed by atoms with van der Waals surface area (Å²) in [7, 11) is 0. The molecule has 0 saturated heterocycles. The summed E-state index contributed by atoms with van der Waals surface area (Å²) in [5.41, 5.74) is 0.696. The molecule has 0 aliphatic carbocycles. The first kappa shape index (κ1) is 19.1. The zero-order valence-electron chi connectivity index (χ0n) is 13.7. The van der Waals surface area contributed by atoms with Crippen LogP contribution in [0.2, 0.25) is 10.0 Å². The summed E-state index contributed by atoms with van der Waals surface area (Å²) in [6, 6.07) is 11.2. The van der Waals surface area contributed by atoms with E-state index in [1.165, 1.54) is 12.1 Å². The minimum Gasteiger partial charge on any atom is -0.481 e. The molecule has 0 fully saturated rings. The number of rotatable bonds is 6. The maximum absolute atomic E-state index is 12.2. The summed E-state index contributed by atoms with van der Waals surface area (Å²) >= 11 is 11.9. The number of esters is 1. The first-order valence-corrected chi connectivity index (χ1v) is 8.36. The lowest BCUT2D eigenvalue weighted by Crippen LogP contribution is -2.30. The van der Waals surface area contributed by atoms with Gasteiger partial charge in [0.1, 0.15) is 5.75 Å². The molecule has 0 unspecified atom stereocenters. The lowest BCUT2D eigenvalue weighted by molar-refractivity contribution is -0.122. The first-order valence-electron chi connectivity index (χ1n) is 7.60. The zero-order chi connectivity index (χ0) is 18.4. The molecule has 7 heteroatoms. The molecule has 0 spiro atoms. The van der Waals surface area contributed by atoms with E-state index in [0.29, 0.717) is 22.0 Å². The number of benzene rings is 2. The van der Waals surface area contributed by atoms with Crippen molar-refractivity contribution in [3.8, 4) is 5.75 Å². The molecule has 0 aromatic heterocycles. The van der Waals surface area contributed by atoms with Crippen LogP contribution < -0.4 is 10.1 Å². The topological polar surface area (TPSA) is 64.6 Å². The van der Waals surface area contributed by atoms with Crippen molar-refractivity contribution >= 4 is 40.8 Å². The van der Waals surface area contributed by atoms with Crippen molar-refractivity contribution in [2.24, 2.45) is 0 Å². The molecule has 0 heterocycles. The molecule has 0 radical (unpaired) electrons. The van der Waals surface area contributed by atoms with Gasteiger partial charge in [0.25, 0.3) is 5.91 Å².